The van der Waals surface area contributed by atoms with Gasteiger partial charge in [-0.15, -0.1) is 0 Å². The molecule has 2 atom stereocenters. The van der Waals surface area contributed by atoms with Crippen LogP contribution in [-0.4, -0.2) is 22.1 Å². The number of hydrogen-bond acceptors (Lipinski definition) is 2. The second-order valence-electron chi connectivity index (χ2n) is 7.78. The summed E-state index contributed by atoms with van der Waals surface area (Å²) in [5.41, 5.74) is 4.36. The molecule has 0 saturated carbocycles. The summed E-state index contributed by atoms with van der Waals surface area (Å²) in [5.74, 6) is -0.142. The summed E-state index contributed by atoms with van der Waals surface area (Å²) in [6.45, 7) is 2.02. The van der Waals surface area contributed by atoms with Crippen LogP contribution in [0.5, 0.6) is 0 Å². The highest BCUT2D eigenvalue weighted by atomic mass is 35.5. The fourth-order valence-corrected chi connectivity index (χ4v) is 4.00. The highest BCUT2D eigenvalue weighted by molar-refractivity contribution is 6.30. The predicted molar refractivity (Wildman–Crippen MR) is 130 cm³/mol. The smallest absolute Gasteiger partial charge is 0.269 e. The van der Waals surface area contributed by atoms with E-state index in [2.05, 4.69) is 15.5 Å². The van der Waals surface area contributed by atoms with Crippen molar-refractivity contribution in [2.45, 2.75) is 25.3 Å². The summed E-state index contributed by atoms with van der Waals surface area (Å²) in [5, 5.41) is 11.7. The van der Waals surface area contributed by atoms with Crippen LogP contribution in [0.15, 0.2) is 84.9 Å². The normalized spacial score (nSPS) is 12.8. The largest absolute Gasteiger partial charge is 0.348 e. The van der Waals surface area contributed by atoms with Gasteiger partial charge in [0.1, 0.15) is 5.69 Å². The number of benzene rings is 3. The minimum atomic E-state index is -0.192. The molecule has 1 aromatic heterocycles. The molecule has 2 N–H and O–H groups in total. The molecule has 4 aromatic rings. The third-order valence-electron chi connectivity index (χ3n) is 5.52. The van der Waals surface area contributed by atoms with Gasteiger partial charge in [0.05, 0.1) is 5.69 Å². The molecule has 0 spiro atoms. The number of carbonyl (C=O) groups excluding carboxylic acids is 1. The molecule has 0 saturated heterocycles. The minimum absolute atomic E-state index is 0.0499. The van der Waals surface area contributed by atoms with Gasteiger partial charge in [-0.3, -0.25) is 9.89 Å². The molecule has 1 amide bonds. The lowest BCUT2D eigenvalue weighted by Crippen LogP contribution is -2.38. The molecule has 0 aliphatic heterocycles. The molecular formula is C26H23Cl2N3O. The molecule has 4 nitrogen and oxygen atoms in total. The van der Waals surface area contributed by atoms with E-state index in [1.807, 2.05) is 85.8 Å². The van der Waals surface area contributed by atoms with Gasteiger partial charge in [-0.1, -0.05) is 77.8 Å². The third kappa shape index (κ3) is 5.39. The standard InChI is InChI=1S/C26H23Cl2N3O/c1-17(29-26(32)25-16-24(30-31-25)20-5-3-2-4-6-20)23(19-9-13-22(28)14-10-19)15-18-7-11-21(27)12-8-18/h2-14,16-17,23H,15H2,1H3,(H,29,32)(H,30,31)/t17-,23+/m1/s1. The first kappa shape index (κ1) is 22.1. The average molecular weight is 464 g/mol. The van der Waals surface area contributed by atoms with Crippen molar-refractivity contribution in [3.8, 4) is 11.3 Å². The second-order valence-corrected chi connectivity index (χ2v) is 8.66. The van der Waals surface area contributed by atoms with Crippen LogP contribution in [-0.2, 0) is 6.42 Å². The van der Waals surface area contributed by atoms with Gasteiger partial charge in [0.25, 0.3) is 5.91 Å². The summed E-state index contributed by atoms with van der Waals surface area (Å²) >= 11 is 12.1. The van der Waals surface area contributed by atoms with Crippen molar-refractivity contribution in [2.75, 3.05) is 0 Å². The molecule has 0 aliphatic carbocycles. The van der Waals surface area contributed by atoms with Crippen molar-refractivity contribution in [2.24, 2.45) is 0 Å². The lowest BCUT2D eigenvalue weighted by atomic mass is 9.86. The van der Waals surface area contributed by atoms with Crippen molar-refractivity contribution in [1.29, 1.82) is 0 Å². The first-order chi connectivity index (χ1) is 15.5. The number of rotatable bonds is 7. The monoisotopic (exact) mass is 463 g/mol. The number of H-pyrrole nitrogens is 1. The second kappa shape index (κ2) is 10.0. The summed E-state index contributed by atoms with van der Waals surface area (Å²) < 4.78 is 0. The maximum atomic E-state index is 13.0. The van der Waals surface area contributed by atoms with Gasteiger partial charge >= 0.3 is 0 Å². The Hall–Kier alpha value is -3.08. The van der Waals surface area contributed by atoms with Gasteiger partial charge in [0, 0.05) is 27.6 Å². The van der Waals surface area contributed by atoms with Crippen molar-refractivity contribution >= 4 is 29.1 Å². The molecule has 32 heavy (non-hydrogen) atoms. The molecule has 0 fully saturated rings. The molecule has 6 heteroatoms. The molecule has 3 aromatic carbocycles. The fraction of sp³-hybridized carbons (Fsp3) is 0.154. The highest BCUT2D eigenvalue weighted by Crippen LogP contribution is 2.27. The van der Waals surface area contributed by atoms with E-state index < -0.39 is 0 Å². The first-order valence-corrected chi connectivity index (χ1v) is 11.2. The fourth-order valence-electron chi connectivity index (χ4n) is 3.75. The number of hydrogen-bond donors (Lipinski definition) is 2. The number of halogens is 2. The van der Waals surface area contributed by atoms with E-state index in [1.54, 1.807) is 6.07 Å². The molecular weight excluding hydrogens is 441 g/mol. The maximum Gasteiger partial charge on any atom is 0.269 e. The van der Waals surface area contributed by atoms with E-state index in [-0.39, 0.29) is 17.9 Å². The molecule has 0 radical (unpaired) electrons. The van der Waals surface area contributed by atoms with Gasteiger partial charge in [-0.2, -0.15) is 5.10 Å². The quantitative estimate of drug-likeness (QED) is 0.327. The Labute approximate surface area is 197 Å². The number of nitrogens with zero attached hydrogens (tertiary/aromatic N) is 1. The van der Waals surface area contributed by atoms with Crippen LogP contribution in [0.3, 0.4) is 0 Å². The number of aromatic nitrogens is 2. The Bertz CT molecular complexity index is 1170. The van der Waals surface area contributed by atoms with Gasteiger partial charge < -0.3 is 5.32 Å². The van der Waals surface area contributed by atoms with E-state index in [0.717, 1.165) is 28.8 Å². The highest BCUT2D eigenvalue weighted by Gasteiger charge is 2.23. The van der Waals surface area contributed by atoms with Crippen LogP contribution in [0, 0.1) is 0 Å². The minimum Gasteiger partial charge on any atom is -0.348 e. The zero-order valence-electron chi connectivity index (χ0n) is 17.6. The zero-order valence-corrected chi connectivity index (χ0v) is 19.1. The average Bonchev–Trinajstić information content (AvgIpc) is 3.30. The molecule has 162 valence electrons. The number of carbonyl (C=O) groups is 1. The van der Waals surface area contributed by atoms with Crippen molar-refractivity contribution in [3.63, 3.8) is 0 Å². The van der Waals surface area contributed by atoms with Gasteiger partial charge in [-0.25, -0.2) is 0 Å². The molecule has 0 unspecified atom stereocenters. The molecule has 1 heterocycles. The van der Waals surface area contributed by atoms with Gasteiger partial charge in [0.2, 0.25) is 0 Å². The van der Waals surface area contributed by atoms with Gasteiger partial charge in [-0.05, 0) is 54.8 Å². The Morgan fingerprint density at radius 1 is 0.938 bits per heavy atom. The SMILES string of the molecule is C[C@@H](NC(=O)c1cc(-c2ccccc2)n[nH]1)[C@H](Cc1ccc(Cl)cc1)c1ccc(Cl)cc1. The number of amides is 1. The number of nitrogens with one attached hydrogen (secondary N) is 2. The molecule has 0 aliphatic rings. The Morgan fingerprint density at radius 2 is 1.56 bits per heavy atom. The van der Waals surface area contributed by atoms with E-state index in [4.69, 9.17) is 23.2 Å². The van der Waals surface area contributed by atoms with Crippen LogP contribution in [0.25, 0.3) is 11.3 Å². The lowest BCUT2D eigenvalue weighted by Gasteiger charge is -2.26. The summed E-state index contributed by atoms with van der Waals surface area (Å²) in [6.07, 6.45) is 0.749. The first-order valence-electron chi connectivity index (χ1n) is 10.4. The summed E-state index contributed by atoms with van der Waals surface area (Å²) in [4.78, 5) is 13.0. The van der Waals surface area contributed by atoms with Crippen LogP contribution in [0.4, 0.5) is 0 Å². The Kier molecular flexibility index (Phi) is 6.93. The Balaban J connectivity index is 1.53. The maximum absolute atomic E-state index is 13.0. The van der Waals surface area contributed by atoms with Crippen LogP contribution >= 0.6 is 23.2 Å². The van der Waals surface area contributed by atoms with Crippen LogP contribution in [0.1, 0.15) is 34.5 Å². The Morgan fingerprint density at radius 3 is 2.22 bits per heavy atom. The van der Waals surface area contributed by atoms with Crippen molar-refractivity contribution < 1.29 is 4.79 Å². The number of aromatic amines is 1. The van der Waals surface area contributed by atoms with Crippen LogP contribution in [0.2, 0.25) is 10.0 Å². The van der Waals surface area contributed by atoms with Crippen molar-refractivity contribution in [1.82, 2.24) is 15.5 Å². The third-order valence-corrected chi connectivity index (χ3v) is 6.03. The predicted octanol–water partition coefficient (Wildman–Crippen LogP) is 6.53. The zero-order chi connectivity index (χ0) is 22.5. The summed E-state index contributed by atoms with van der Waals surface area (Å²) in [6, 6.07) is 27.0. The lowest BCUT2D eigenvalue weighted by molar-refractivity contribution is 0.0929. The van der Waals surface area contributed by atoms with E-state index >= 15 is 0 Å². The van der Waals surface area contributed by atoms with E-state index in [1.165, 1.54) is 0 Å². The van der Waals surface area contributed by atoms with Gasteiger partial charge in [0.15, 0.2) is 0 Å². The van der Waals surface area contributed by atoms with Crippen molar-refractivity contribution in [3.05, 3.63) is 112 Å². The molecule has 4 rings (SSSR count). The topological polar surface area (TPSA) is 57.8 Å². The summed E-state index contributed by atoms with van der Waals surface area (Å²) in [7, 11) is 0. The molecule has 0 bridgehead atoms. The van der Waals surface area contributed by atoms with E-state index in [0.29, 0.717) is 15.7 Å². The van der Waals surface area contributed by atoms with Crippen LogP contribution < -0.4 is 5.32 Å². The van der Waals surface area contributed by atoms with E-state index in [9.17, 15) is 4.79 Å².